The van der Waals surface area contributed by atoms with Crippen LogP contribution in [0.3, 0.4) is 0 Å². The summed E-state index contributed by atoms with van der Waals surface area (Å²) in [6.07, 6.45) is 1.88. The molecule has 0 unspecified atom stereocenters. The highest BCUT2D eigenvalue weighted by molar-refractivity contribution is 7.89. The summed E-state index contributed by atoms with van der Waals surface area (Å²) < 4.78 is 26.2. The Bertz CT molecular complexity index is 612. The first kappa shape index (κ1) is 15.9. The Labute approximate surface area is 124 Å². The lowest BCUT2D eigenvalue weighted by atomic mass is 9.98. The summed E-state index contributed by atoms with van der Waals surface area (Å²) in [7, 11) is -2.16. The van der Waals surface area contributed by atoms with Crippen LogP contribution in [0.1, 0.15) is 12.8 Å². The summed E-state index contributed by atoms with van der Waals surface area (Å²) in [4.78, 5) is 10.1. The normalized spacial score (nSPS) is 17.0. The average molecular weight is 313 g/mol. The molecule has 116 valence electrons. The van der Waals surface area contributed by atoms with Crippen molar-refractivity contribution in [2.45, 2.75) is 17.7 Å². The van der Waals surface area contributed by atoms with E-state index in [4.69, 9.17) is 0 Å². The molecule has 7 nitrogen and oxygen atoms in total. The predicted octanol–water partition coefficient (Wildman–Crippen LogP) is 1.21. The molecule has 1 aromatic carbocycles. The van der Waals surface area contributed by atoms with Gasteiger partial charge in [-0.3, -0.25) is 10.1 Å². The zero-order chi connectivity index (χ0) is 15.5. The largest absolute Gasteiger partial charge is 0.317 e. The van der Waals surface area contributed by atoms with Crippen molar-refractivity contribution in [2.24, 2.45) is 5.92 Å². The van der Waals surface area contributed by atoms with Gasteiger partial charge in [-0.05, 0) is 37.9 Å². The summed E-state index contributed by atoms with van der Waals surface area (Å²) >= 11 is 0. The van der Waals surface area contributed by atoms with Gasteiger partial charge in [-0.15, -0.1) is 0 Å². The SMILES string of the molecule is CN(CC1CCNCC1)S(=O)(=O)c1cccc([N+](=O)[O-])c1. The lowest BCUT2D eigenvalue weighted by Gasteiger charge is -2.27. The minimum absolute atomic E-state index is 0.0341. The number of hydrogen-bond donors (Lipinski definition) is 1. The Morgan fingerprint density at radius 2 is 2.05 bits per heavy atom. The van der Waals surface area contributed by atoms with Gasteiger partial charge < -0.3 is 5.32 Å². The molecule has 1 aromatic rings. The molecule has 2 rings (SSSR count). The zero-order valence-electron chi connectivity index (χ0n) is 11.9. The van der Waals surface area contributed by atoms with E-state index in [0.29, 0.717) is 12.5 Å². The summed E-state index contributed by atoms with van der Waals surface area (Å²) in [5, 5.41) is 14.0. The minimum Gasteiger partial charge on any atom is -0.317 e. The number of benzene rings is 1. The fourth-order valence-electron chi connectivity index (χ4n) is 2.46. The molecule has 1 aliphatic rings. The van der Waals surface area contributed by atoms with E-state index < -0.39 is 14.9 Å². The Hall–Kier alpha value is -1.51. The van der Waals surface area contributed by atoms with E-state index in [0.717, 1.165) is 32.0 Å². The molecule has 21 heavy (non-hydrogen) atoms. The van der Waals surface area contributed by atoms with E-state index in [1.165, 1.54) is 29.6 Å². The van der Waals surface area contributed by atoms with Gasteiger partial charge in [0.2, 0.25) is 10.0 Å². The molecule has 0 spiro atoms. The van der Waals surface area contributed by atoms with Gasteiger partial charge in [-0.2, -0.15) is 0 Å². The molecule has 1 N–H and O–H groups in total. The quantitative estimate of drug-likeness (QED) is 0.651. The predicted molar refractivity (Wildman–Crippen MR) is 78.5 cm³/mol. The van der Waals surface area contributed by atoms with Crippen LogP contribution in [0.2, 0.25) is 0 Å². The topological polar surface area (TPSA) is 92.6 Å². The van der Waals surface area contributed by atoms with Crippen molar-refractivity contribution in [2.75, 3.05) is 26.7 Å². The first-order valence-electron chi connectivity index (χ1n) is 6.83. The number of nitro benzene ring substituents is 1. The number of sulfonamides is 1. The van der Waals surface area contributed by atoms with E-state index in [1.807, 2.05) is 0 Å². The number of nitrogens with zero attached hydrogens (tertiary/aromatic N) is 2. The highest BCUT2D eigenvalue weighted by atomic mass is 32.2. The van der Waals surface area contributed by atoms with E-state index in [2.05, 4.69) is 5.32 Å². The Morgan fingerprint density at radius 1 is 1.38 bits per heavy atom. The molecule has 1 aliphatic heterocycles. The molecule has 0 saturated carbocycles. The van der Waals surface area contributed by atoms with Crippen LogP contribution in [0.15, 0.2) is 29.2 Å². The van der Waals surface area contributed by atoms with Gasteiger partial charge in [0.15, 0.2) is 0 Å². The highest BCUT2D eigenvalue weighted by Crippen LogP contribution is 2.22. The van der Waals surface area contributed by atoms with Crippen LogP contribution in [-0.4, -0.2) is 44.3 Å². The maximum atomic E-state index is 12.5. The summed E-state index contributed by atoms with van der Waals surface area (Å²) in [5.74, 6) is 0.324. The number of piperidine rings is 1. The van der Waals surface area contributed by atoms with Crippen molar-refractivity contribution in [1.29, 1.82) is 0 Å². The Kier molecular flexibility index (Phi) is 4.92. The number of non-ortho nitro benzene ring substituents is 1. The molecule has 0 atom stereocenters. The molecule has 1 fully saturated rings. The second kappa shape index (κ2) is 6.50. The van der Waals surface area contributed by atoms with Crippen molar-refractivity contribution < 1.29 is 13.3 Å². The standard InChI is InChI=1S/C13H19N3O4S/c1-15(10-11-5-7-14-8-6-11)21(19,20)13-4-2-3-12(9-13)16(17)18/h2-4,9,11,14H,5-8,10H2,1H3. The number of hydrogen-bond acceptors (Lipinski definition) is 5. The van der Waals surface area contributed by atoms with Gasteiger partial charge in [-0.25, -0.2) is 12.7 Å². The maximum Gasteiger partial charge on any atom is 0.270 e. The average Bonchev–Trinajstić information content (AvgIpc) is 2.48. The van der Waals surface area contributed by atoms with Gasteiger partial charge in [0.25, 0.3) is 5.69 Å². The highest BCUT2D eigenvalue weighted by Gasteiger charge is 2.26. The Balaban J connectivity index is 2.16. The third-order valence-electron chi connectivity index (χ3n) is 3.71. The minimum atomic E-state index is -3.69. The number of nitro groups is 1. The third-order valence-corrected chi connectivity index (χ3v) is 5.53. The monoisotopic (exact) mass is 313 g/mol. The van der Waals surface area contributed by atoms with Crippen molar-refractivity contribution in [3.63, 3.8) is 0 Å². The van der Waals surface area contributed by atoms with Crippen LogP contribution in [0, 0.1) is 16.0 Å². The second-order valence-corrected chi connectivity index (χ2v) is 7.28. The van der Waals surface area contributed by atoms with Gasteiger partial charge in [-0.1, -0.05) is 6.07 Å². The molecule has 0 radical (unpaired) electrons. The van der Waals surface area contributed by atoms with E-state index in [-0.39, 0.29) is 10.6 Å². The van der Waals surface area contributed by atoms with Crippen LogP contribution in [0.4, 0.5) is 5.69 Å². The molecule has 1 heterocycles. The second-order valence-electron chi connectivity index (χ2n) is 5.23. The number of nitrogens with one attached hydrogen (secondary N) is 1. The van der Waals surface area contributed by atoms with Crippen LogP contribution < -0.4 is 5.32 Å². The first-order chi connectivity index (χ1) is 9.91. The van der Waals surface area contributed by atoms with Crippen molar-refractivity contribution in [3.8, 4) is 0 Å². The first-order valence-corrected chi connectivity index (χ1v) is 8.27. The molecule has 0 aromatic heterocycles. The lowest BCUT2D eigenvalue weighted by Crippen LogP contribution is -2.37. The maximum absolute atomic E-state index is 12.5. The van der Waals surface area contributed by atoms with Gasteiger partial charge in [0.05, 0.1) is 9.82 Å². The molecule has 1 saturated heterocycles. The smallest absolute Gasteiger partial charge is 0.270 e. The van der Waals surface area contributed by atoms with Crippen molar-refractivity contribution in [1.82, 2.24) is 9.62 Å². The van der Waals surface area contributed by atoms with Gasteiger partial charge in [0, 0.05) is 25.7 Å². The molecule has 0 aliphatic carbocycles. The van der Waals surface area contributed by atoms with Gasteiger partial charge in [0.1, 0.15) is 0 Å². The summed E-state index contributed by atoms with van der Waals surface area (Å²) in [6, 6.07) is 5.17. The van der Waals surface area contributed by atoms with E-state index in [1.54, 1.807) is 0 Å². The van der Waals surface area contributed by atoms with Crippen LogP contribution in [0.25, 0.3) is 0 Å². The van der Waals surface area contributed by atoms with Crippen molar-refractivity contribution in [3.05, 3.63) is 34.4 Å². The Morgan fingerprint density at radius 3 is 2.67 bits per heavy atom. The van der Waals surface area contributed by atoms with E-state index in [9.17, 15) is 18.5 Å². The lowest BCUT2D eigenvalue weighted by molar-refractivity contribution is -0.385. The van der Waals surface area contributed by atoms with Crippen LogP contribution in [0.5, 0.6) is 0 Å². The molecule has 8 heteroatoms. The van der Waals surface area contributed by atoms with E-state index >= 15 is 0 Å². The summed E-state index contributed by atoms with van der Waals surface area (Å²) in [5.41, 5.74) is -0.216. The van der Waals surface area contributed by atoms with Crippen LogP contribution in [-0.2, 0) is 10.0 Å². The zero-order valence-corrected chi connectivity index (χ0v) is 12.7. The number of rotatable bonds is 5. The molecular weight excluding hydrogens is 294 g/mol. The summed E-state index contributed by atoms with van der Waals surface area (Å²) in [6.45, 7) is 2.23. The van der Waals surface area contributed by atoms with Crippen molar-refractivity contribution >= 4 is 15.7 Å². The fourth-order valence-corrected chi connectivity index (χ4v) is 3.75. The molecule has 0 amide bonds. The van der Waals surface area contributed by atoms with Gasteiger partial charge >= 0.3 is 0 Å². The molecule has 0 bridgehead atoms. The fraction of sp³-hybridized carbons (Fsp3) is 0.538. The molecular formula is C13H19N3O4S. The van der Waals surface area contributed by atoms with Crippen LogP contribution >= 0.6 is 0 Å². The third kappa shape index (κ3) is 3.78.